The molecule has 1 aromatic heterocycles. The van der Waals surface area contributed by atoms with Gasteiger partial charge in [0, 0.05) is 44.4 Å². The van der Waals surface area contributed by atoms with Crippen LogP contribution in [0.2, 0.25) is 0 Å². The van der Waals surface area contributed by atoms with Crippen LogP contribution in [0.3, 0.4) is 0 Å². The van der Waals surface area contributed by atoms with Crippen LogP contribution in [0.1, 0.15) is 16.1 Å². The molecule has 0 radical (unpaired) electrons. The van der Waals surface area contributed by atoms with Crippen LogP contribution >= 0.6 is 0 Å². The van der Waals surface area contributed by atoms with Gasteiger partial charge in [0.05, 0.1) is 32.7 Å². The van der Waals surface area contributed by atoms with Crippen molar-refractivity contribution in [2.75, 3.05) is 54.1 Å². The van der Waals surface area contributed by atoms with Crippen LogP contribution in [-0.2, 0) is 0 Å². The zero-order valence-electron chi connectivity index (χ0n) is 23.1. The number of aromatic nitrogens is 2. The Kier molecular flexibility index (Phi) is 8.47. The van der Waals surface area contributed by atoms with Crippen molar-refractivity contribution in [3.63, 3.8) is 0 Å². The van der Waals surface area contributed by atoms with E-state index in [4.69, 9.17) is 19.3 Å². The first-order valence-electron chi connectivity index (χ1n) is 13.3. The van der Waals surface area contributed by atoms with Gasteiger partial charge >= 0.3 is 0 Å². The molecular formula is C32H34N4O4. The number of hydrogen-bond acceptors (Lipinski definition) is 6. The predicted octanol–water partition coefficient (Wildman–Crippen LogP) is 5.04. The molecule has 0 atom stereocenters. The largest absolute Gasteiger partial charge is 0.497 e. The van der Waals surface area contributed by atoms with Gasteiger partial charge in [-0.05, 0) is 48.0 Å². The standard InChI is InChI=1S/C32H34N4O4/c1-38-26-13-11-25(12-14-26)36-30(23-29(33-36)28-16-15-27(39-2)22-31(28)40-3)32(37)35-20-18-34(19-21-35)17-7-10-24-8-5-4-6-9-24/h4-16,22-23H,17-21H2,1-3H3/b10-7+. The topological polar surface area (TPSA) is 69.1 Å². The van der Waals surface area contributed by atoms with Crippen molar-refractivity contribution < 1.29 is 19.0 Å². The molecule has 0 unspecified atom stereocenters. The first-order valence-corrected chi connectivity index (χ1v) is 13.3. The Bertz CT molecular complexity index is 1460. The van der Waals surface area contributed by atoms with Crippen molar-refractivity contribution in [1.82, 2.24) is 19.6 Å². The number of nitrogens with zero attached hydrogens (tertiary/aromatic N) is 4. The molecule has 0 bridgehead atoms. The number of amides is 1. The lowest BCUT2D eigenvalue weighted by Gasteiger charge is -2.34. The number of methoxy groups -OCH3 is 3. The second kappa shape index (κ2) is 12.5. The smallest absolute Gasteiger partial charge is 0.272 e. The van der Waals surface area contributed by atoms with Crippen molar-refractivity contribution in [1.29, 1.82) is 0 Å². The zero-order valence-corrected chi connectivity index (χ0v) is 23.1. The molecular weight excluding hydrogens is 504 g/mol. The number of carbonyl (C=O) groups excluding carboxylic acids is 1. The molecule has 0 spiro atoms. The number of benzene rings is 3. The van der Waals surface area contributed by atoms with Gasteiger partial charge in [-0.15, -0.1) is 0 Å². The van der Waals surface area contributed by atoms with Crippen LogP contribution in [0.4, 0.5) is 0 Å². The lowest BCUT2D eigenvalue weighted by Crippen LogP contribution is -2.49. The monoisotopic (exact) mass is 538 g/mol. The van der Waals surface area contributed by atoms with Crippen molar-refractivity contribution in [2.24, 2.45) is 0 Å². The summed E-state index contributed by atoms with van der Waals surface area (Å²) < 4.78 is 18.0. The fourth-order valence-corrected chi connectivity index (χ4v) is 4.79. The summed E-state index contributed by atoms with van der Waals surface area (Å²) in [5, 5.41) is 4.86. The highest BCUT2D eigenvalue weighted by Crippen LogP contribution is 2.34. The Morgan fingerprint density at radius 3 is 2.20 bits per heavy atom. The van der Waals surface area contributed by atoms with E-state index in [1.807, 2.05) is 71.6 Å². The molecule has 206 valence electrons. The molecule has 2 heterocycles. The molecule has 5 rings (SSSR count). The van der Waals surface area contributed by atoms with Crippen molar-refractivity contribution in [3.8, 4) is 34.2 Å². The highest BCUT2D eigenvalue weighted by atomic mass is 16.5. The summed E-state index contributed by atoms with van der Waals surface area (Å²) in [5.74, 6) is 1.98. The normalized spacial score (nSPS) is 13.9. The van der Waals surface area contributed by atoms with Crippen LogP contribution in [0, 0.1) is 0 Å². The van der Waals surface area contributed by atoms with Gasteiger partial charge in [-0.2, -0.15) is 5.10 Å². The van der Waals surface area contributed by atoms with E-state index < -0.39 is 0 Å². The van der Waals surface area contributed by atoms with Crippen LogP contribution < -0.4 is 14.2 Å². The van der Waals surface area contributed by atoms with Gasteiger partial charge in [0.2, 0.25) is 0 Å². The summed E-state index contributed by atoms with van der Waals surface area (Å²) in [5.41, 5.74) is 3.87. The molecule has 40 heavy (non-hydrogen) atoms. The summed E-state index contributed by atoms with van der Waals surface area (Å²) >= 11 is 0. The Hall–Kier alpha value is -4.56. The minimum atomic E-state index is -0.0541. The maximum atomic E-state index is 13.9. The van der Waals surface area contributed by atoms with Crippen LogP contribution in [0.25, 0.3) is 23.0 Å². The number of carbonyl (C=O) groups is 1. The van der Waals surface area contributed by atoms with E-state index in [9.17, 15) is 4.79 Å². The van der Waals surface area contributed by atoms with Crippen molar-refractivity contribution in [2.45, 2.75) is 0 Å². The minimum Gasteiger partial charge on any atom is -0.497 e. The molecule has 4 aromatic rings. The summed E-state index contributed by atoms with van der Waals surface area (Å²) in [4.78, 5) is 18.1. The summed E-state index contributed by atoms with van der Waals surface area (Å²) in [7, 11) is 4.85. The molecule has 0 aliphatic carbocycles. The third kappa shape index (κ3) is 6.02. The first-order chi connectivity index (χ1) is 19.6. The molecule has 1 amide bonds. The van der Waals surface area contributed by atoms with Gasteiger partial charge in [0.1, 0.15) is 22.9 Å². The van der Waals surface area contributed by atoms with Crippen LogP contribution in [0.15, 0.2) is 84.9 Å². The van der Waals surface area contributed by atoms with E-state index >= 15 is 0 Å². The molecule has 1 aliphatic heterocycles. The molecule has 8 nitrogen and oxygen atoms in total. The second-order valence-corrected chi connectivity index (χ2v) is 9.50. The van der Waals surface area contributed by atoms with Gasteiger partial charge in [-0.3, -0.25) is 9.69 Å². The molecule has 8 heteroatoms. The highest BCUT2D eigenvalue weighted by Gasteiger charge is 2.26. The zero-order chi connectivity index (χ0) is 27.9. The fourth-order valence-electron chi connectivity index (χ4n) is 4.79. The van der Waals surface area contributed by atoms with Gasteiger partial charge < -0.3 is 19.1 Å². The van der Waals surface area contributed by atoms with E-state index in [0.29, 0.717) is 36.0 Å². The average molecular weight is 539 g/mol. The Morgan fingerprint density at radius 2 is 1.52 bits per heavy atom. The number of piperazine rings is 1. The maximum Gasteiger partial charge on any atom is 0.272 e. The lowest BCUT2D eigenvalue weighted by atomic mass is 10.1. The van der Waals surface area contributed by atoms with Crippen molar-refractivity contribution in [3.05, 3.63) is 96.2 Å². The van der Waals surface area contributed by atoms with Gasteiger partial charge in [0.25, 0.3) is 5.91 Å². The Labute approximate surface area is 235 Å². The number of ether oxygens (including phenoxy) is 3. The SMILES string of the molecule is COc1ccc(-n2nc(-c3ccc(OC)cc3OC)cc2C(=O)N2CCN(C/C=C/c3ccccc3)CC2)cc1. The van der Waals surface area contributed by atoms with E-state index in [1.165, 1.54) is 5.56 Å². The molecule has 3 aromatic carbocycles. The molecule has 0 N–H and O–H groups in total. The highest BCUT2D eigenvalue weighted by molar-refractivity contribution is 5.94. The van der Waals surface area contributed by atoms with Crippen LogP contribution in [0.5, 0.6) is 17.2 Å². The fraction of sp³-hybridized carbons (Fsp3) is 0.250. The Morgan fingerprint density at radius 1 is 0.825 bits per heavy atom. The summed E-state index contributed by atoms with van der Waals surface area (Å²) in [6.45, 7) is 3.75. The summed E-state index contributed by atoms with van der Waals surface area (Å²) in [6.07, 6.45) is 4.32. The van der Waals surface area contributed by atoms with E-state index in [2.05, 4.69) is 29.2 Å². The van der Waals surface area contributed by atoms with Gasteiger partial charge in [0.15, 0.2) is 0 Å². The first kappa shape index (κ1) is 27.0. The van der Waals surface area contributed by atoms with Gasteiger partial charge in [-0.25, -0.2) is 4.68 Å². The molecule has 1 fully saturated rings. The number of rotatable bonds is 9. The Balaban J connectivity index is 1.37. The molecule has 1 saturated heterocycles. The quantitative estimate of drug-likeness (QED) is 0.298. The molecule has 1 aliphatic rings. The van der Waals surface area contributed by atoms with E-state index in [1.54, 1.807) is 26.0 Å². The maximum absolute atomic E-state index is 13.9. The van der Waals surface area contributed by atoms with E-state index in [-0.39, 0.29) is 5.91 Å². The van der Waals surface area contributed by atoms with E-state index in [0.717, 1.165) is 36.6 Å². The third-order valence-electron chi connectivity index (χ3n) is 7.06. The number of hydrogen-bond donors (Lipinski definition) is 0. The molecule has 0 saturated carbocycles. The second-order valence-electron chi connectivity index (χ2n) is 9.50. The lowest BCUT2D eigenvalue weighted by molar-refractivity contribution is 0.0641. The van der Waals surface area contributed by atoms with Crippen molar-refractivity contribution >= 4 is 12.0 Å². The average Bonchev–Trinajstić information content (AvgIpc) is 3.46. The van der Waals surface area contributed by atoms with Crippen LogP contribution in [-0.4, -0.2) is 79.5 Å². The predicted molar refractivity (Wildman–Crippen MR) is 156 cm³/mol. The summed E-state index contributed by atoms with van der Waals surface area (Å²) in [6, 6.07) is 25.2. The van der Waals surface area contributed by atoms with Gasteiger partial charge in [-0.1, -0.05) is 42.5 Å². The third-order valence-corrected chi connectivity index (χ3v) is 7.06. The minimum absolute atomic E-state index is 0.0541.